The summed E-state index contributed by atoms with van der Waals surface area (Å²) in [6, 6.07) is 12.2. The average Bonchev–Trinajstić information content (AvgIpc) is 2.97. The van der Waals surface area contributed by atoms with Crippen molar-refractivity contribution in [1.29, 1.82) is 0 Å². The lowest BCUT2D eigenvalue weighted by Crippen LogP contribution is -2.35. The molecule has 2 aliphatic rings. The van der Waals surface area contributed by atoms with Gasteiger partial charge >= 0.3 is 0 Å². The van der Waals surface area contributed by atoms with Crippen molar-refractivity contribution >= 4 is 23.2 Å². The molecule has 2 aromatic carbocycles. The molecule has 1 saturated heterocycles. The lowest BCUT2D eigenvalue weighted by Gasteiger charge is -2.27. The zero-order valence-electron chi connectivity index (χ0n) is 13.3. The van der Waals surface area contributed by atoms with Crippen LogP contribution in [-0.2, 0) is 22.5 Å². The average molecular weight is 343 g/mol. The summed E-state index contributed by atoms with van der Waals surface area (Å²) in [5, 5.41) is 3.66. The van der Waals surface area contributed by atoms with Crippen LogP contribution in [0.5, 0.6) is 0 Å². The van der Waals surface area contributed by atoms with Gasteiger partial charge in [0.05, 0.1) is 24.7 Å². The monoisotopic (exact) mass is 342 g/mol. The third-order valence-corrected chi connectivity index (χ3v) is 5.06. The van der Waals surface area contributed by atoms with Crippen LogP contribution in [0.15, 0.2) is 36.4 Å². The van der Waals surface area contributed by atoms with Crippen molar-refractivity contribution in [2.75, 3.05) is 31.6 Å². The predicted molar refractivity (Wildman–Crippen MR) is 95.3 cm³/mol. The van der Waals surface area contributed by atoms with E-state index < -0.39 is 0 Å². The number of carbonyl (C=O) groups excluding carboxylic acids is 1. The topological polar surface area (TPSA) is 41.6 Å². The van der Waals surface area contributed by atoms with Gasteiger partial charge < -0.3 is 10.1 Å². The minimum absolute atomic E-state index is 0.0503. The van der Waals surface area contributed by atoms with E-state index in [1.54, 1.807) is 0 Å². The Bertz CT molecular complexity index is 785. The molecule has 0 aromatic heterocycles. The van der Waals surface area contributed by atoms with Crippen molar-refractivity contribution in [2.24, 2.45) is 0 Å². The fraction of sp³-hybridized carbons (Fsp3) is 0.316. The summed E-state index contributed by atoms with van der Waals surface area (Å²) in [5.74, 6) is 0.0503. The second-order valence-corrected chi connectivity index (χ2v) is 6.64. The van der Waals surface area contributed by atoms with Gasteiger partial charge in [-0.3, -0.25) is 9.69 Å². The minimum atomic E-state index is 0.0503. The number of halogens is 1. The van der Waals surface area contributed by atoms with Crippen LogP contribution in [0, 0.1) is 0 Å². The number of amides is 1. The molecule has 2 aromatic rings. The number of rotatable bonds is 3. The highest BCUT2D eigenvalue weighted by Crippen LogP contribution is 2.34. The van der Waals surface area contributed by atoms with Crippen molar-refractivity contribution in [2.45, 2.75) is 13.0 Å². The first kappa shape index (κ1) is 15.6. The Morgan fingerprint density at radius 3 is 2.83 bits per heavy atom. The van der Waals surface area contributed by atoms with Crippen LogP contribution in [0.3, 0.4) is 0 Å². The van der Waals surface area contributed by atoms with Gasteiger partial charge in [-0.25, -0.2) is 0 Å². The van der Waals surface area contributed by atoms with Gasteiger partial charge in [0.15, 0.2) is 0 Å². The second-order valence-electron chi connectivity index (χ2n) is 6.26. The highest BCUT2D eigenvalue weighted by atomic mass is 35.5. The maximum Gasteiger partial charge on any atom is 0.228 e. The van der Waals surface area contributed by atoms with Gasteiger partial charge in [0.1, 0.15) is 0 Å². The maximum absolute atomic E-state index is 11.5. The number of ether oxygens (including phenoxy) is 1. The number of carbonyl (C=O) groups is 1. The summed E-state index contributed by atoms with van der Waals surface area (Å²) in [4.78, 5) is 13.9. The van der Waals surface area contributed by atoms with Gasteiger partial charge in [-0.2, -0.15) is 0 Å². The number of anilines is 1. The van der Waals surface area contributed by atoms with E-state index in [2.05, 4.69) is 22.3 Å². The van der Waals surface area contributed by atoms with E-state index in [1.165, 1.54) is 0 Å². The van der Waals surface area contributed by atoms with Gasteiger partial charge in [-0.05, 0) is 28.8 Å². The molecule has 0 unspecified atom stereocenters. The first-order chi connectivity index (χ1) is 11.7. The molecule has 0 aliphatic carbocycles. The number of nitrogens with one attached hydrogen (secondary N) is 1. The largest absolute Gasteiger partial charge is 0.379 e. The molecule has 2 aliphatic heterocycles. The molecule has 5 heteroatoms. The van der Waals surface area contributed by atoms with E-state index >= 15 is 0 Å². The van der Waals surface area contributed by atoms with E-state index in [1.807, 2.05) is 24.3 Å². The van der Waals surface area contributed by atoms with Gasteiger partial charge in [0.25, 0.3) is 0 Å². The van der Waals surface area contributed by atoms with Crippen LogP contribution in [-0.4, -0.2) is 37.1 Å². The fourth-order valence-corrected chi connectivity index (χ4v) is 3.62. The third-order valence-electron chi connectivity index (χ3n) is 4.62. The van der Waals surface area contributed by atoms with Gasteiger partial charge in [0, 0.05) is 30.9 Å². The molecule has 1 fully saturated rings. The second kappa shape index (κ2) is 6.55. The van der Waals surface area contributed by atoms with Crippen molar-refractivity contribution in [3.63, 3.8) is 0 Å². The SMILES string of the molecule is O=C1Cc2cc(-c3cccc(CN4CCOCC4)c3Cl)ccc2N1. The van der Waals surface area contributed by atoms with Crippen molar-refractivity contribution in [1.82, 2.24) is 4.90 Å². The number of morpholine rings is 1. The highest BCUT2D eigenvalue weighted by Gasteiger charge is 2.19. The van der Waals surface area contributed by atoms with Crippen molar-refractivity contribution in [3.8, 4) is 11.1 Å². The van der Waals surface area contributed by atoms with Crippen molar-refractivity contribution in [3.05, 3.63) is 52.5 Å². The standard InChI is InChI=1S/C19H19ClN2O2/c20-19-14(12-22-6-8-24-9-7-22)2-1-3-16(19)13-4-5-17-15(10-13)11-18(23)21-17/h1-5,10H,6-9,11-12H2,(H,21,23). The summed E-state index contributed by atoms with van der Waals surface area (Å²) in [7, 11) is 0. The Labute approximate surface area is 146 Å². The Morgan fingerprint density at radius 1 is 1.17 bits per heavy atom. The first-order valence-electron chi connectivity index (χ1n) is 8.21. The van der Waals surface area contributed by atoms with Crippen LogP contribution >= 0.6 is 11.6 Å². The van der Waals surface area contributed by atoms with Crippen LogP contribution in [0.4, 0.5) is 5.69 Å². The number of hydrogen-bond donors (Lipinski definition) is 1. The summed E-state index contributed by atoms with van der Waals surface area (Å²) < 4.78 is 5.40. The Hall–Kier alpha value is -1.88. The zero-order valence-corrected chi connectivity index (χ0v) is 14.1. The highest BCUT2D eigenvalue weighted by molar-refractivity contribution is 6.34. The van der Waals surface area contributed by atoms with Crippen LogP contribution in [0.25, 0.3) is 11.1 Å². The normalized spacial score (nSPS) is 17.6. The van der Waals surface area contributed by atoms with E-state index in [-0.39, 0.29) is 5.91 Å². The molecule has 0 bridgehead atoms. The summed E-state index contributed by atoms with van der Waals surface area (Å²) in [5.41, 5.74) is 5.14. The molecule has 124 valence electrons. The molecule has 0 radical (unpaired) electrons. The van der Waals surface area contributed by atoms with Gasteiger partial charge in [-0.1, -0.05) is 35.9 Å². The molecule has 1 amide bonds. The Balaban J connectivity index is 1.63. The van der Waals surface area contributed by atoms with E-state index in [4.69, 9.17) is 16.3 Å². The Kier molecular flexibility index (Phi) is 4.27. The fourth-order valence-electron chi connectivity index (χ4n) is 3.32. The summed E-state index contributed by atoms with van der Waals surface area (Å²) >= 11 is 6.70. The zero-order chi connectivity index (χ0) is 16.5. The lowest BCUT2D eigenvalue weighted by molar-refractivity contribution is -0.115. The molecule has 24 heavy (non-hydrogen) atoms. The summed E-state index contributed by atoms with van der Waals surface area (Å²) in [6.45, 7) is 4.27. The molecular weight excluding hydrogens is 324 g/mol. The lowest BCUT2D eigenvalue weighted by atomic mass is 9.99. The molecule has 2 heterocycles. The van der Waals surface area contributed by atoms with Crippen molar-refractivity contribution < 1.29 is 9.53 Å². The van der Waals surface area contributed by atoms with E-state index in [0.29, 0.717) is 6.42 Å². The van der Waals surface area contributed by atoms with Crippen LogP contribution in [0.1, 0.15) is 11.1 Å². The molecule has 0 atom stereocenters. The first-order valence-corrected chi connectivity index (χ1v) is 8.59. The van der Waals surface area contributed by atoms with Crippen LogP contribution in [0.2, 0.25) is 5.02 Å². The molecule has 1 N–H and O–H groups in total. The number of hydrogen-bond acceptors (Lipinski definition) is 3. The molecule has 4 rings (SSSR count). The van der Waals surface area contributed by atoms with Gasteiger partial charge in [0.2, 0.25) is 5.91 Å². The minimum Gasteiger partial charge on any atom is -0.379 e. The Morgan fingerprint density at radius 2 is 2.00 bits per heavy atom. The van der Waals surface area contributed by atoms with Crippen LogP contribution < -0.4 is 5.32 Å². The quantitative estimate of drug-likeness (QED) is 0.930. The summed E-state index contributed by atoms with van der Waals surface area (Å²) in [6.07, 6.45) is 0.439. The van der Waals surface area contributed by atoms with Gasteiger partial charge in [-0.15, -0.1) is 0 Å². The molecular formula is C19H19ClN2O2. The maximum atomic E-state index is 11.5. The molecule has 4 nitrogen and oxygen atoms in total. The number of benzene rings is 2. The smallest absolute Gasteiger partial charge is 0.228 e. The van der Waals surface area contributed by atoms with E-state index in [9.17, 15) is 4.79 Å². The van der Waals surface area contributed by atoms with E-state index in [0.717, 1.165) is 65.8 Å². The third kappa shape index (κ3) is 3.05. The molecule has 0 spiro atoms. The predicted octanol–water partition coefficient (Wildman–Crippen LogP) is 3.33. The number of fused-ring (bicyclic) bond motifs is 1. The molecule has 0 saturated carbocycles. The number of nitrogens with zero attached hydrogens (tertiary/aromatic N) is 1.